The van der Waals surface area contributed by atoms with Crippen LogP contribution in [0.4, 0.5) is 4.39 Å². The molecule has 0 aliphatic carbocycles. The van der Waals surface area contributed by atoms with Gasteiger partial charge in [-0.2, -0.15) is 0 Å². The largest absolute Gasteiger partial charge is 0.299 e. The van der Waals surface area contributed by atoms with Crippen LogP contribution in [0.3, 0.4) is 0 Å². The molecule has 0 spiro atoms. The number of aryl methyl sites for hydroxylation is 1. The molecule has 1 aromatic rings. The molecule has 0 N–H and O–H groups in total. The van der Waals surface area contributed by atoms with Gasteiger partial charge < -0.3 is 0 Å². The number of piperidine rings is 1. The van der Waals surface area contributed by atoms with Crippen LogP contribution in [0, 0.1) is 18.7 Å². The Morgan fingerprint density at radius 2 is 1.95 bits per heavy atom. The zero-order chi connectivity index (χ0) is 15.6. The van der Waals surface area contributed by atoms with Crippen LogP contribution in [-0.2, 0) is 0 Å². The minimum absolute atomic E-state index is 0.117. The normalized spacial score (nSPS) is 18.8. The highest BCUT2D eigenvalue weighted by Crippen LogP contribution is 2.34. The van der Waals surface area contributed by atoms with Gasteiger partial charge >= 0.3 is 0 Å². The molecule has 0 aromatic heterocycles. The first-order chi connectivity index (χ1) is 9.90. The van der Waals surface area contributed by atoms with Crippen molar-refractivity contribution in [1.82, 2.24) is 4.90 Å². The first kappa shape index (κ1) is 16.8. The standard InChI is InChI=1S/C17H22Cl2FN/c1-11-6-8-21(9-7-11)10-13(3)16(18)15-12(2)4-5-14(20)17(15)19/h4-5,11H,6-10H2,1-3H3/b16-13-. The maximum atomic E-state index is 13.7. The molecule has 1 aromatic carbocycles. The van der Waals surface area contributed by atoms with Crippen LogP contribution >= 0.6 is 23.2 Å². The van der Waals surface area contributed by atoms with Gasteiger partial charge in [0, 0.05) is 17.1 Å². The number of hydrogen-bond acceptors (Lipinski definition) is 1. The minimum Gasteiger partial charge on any atom is -0.299 e. The van der Waals surface area contributed by atoms with Gasteiger partial charge in [0.2, 0.25) is 0 Å². The minimum atomic E-state index is -0.421. The fraction of sp³-hybridized carbons (Fsp3) is 0.529. The molecule has 21 heavy (non-hydrogen) atoms. The van der Waals surface area contributed by atoms with Crippen molar-refractivity contribution < 1.29 is 4.39 Å². The molecule has 1 aliphatic heterocycles. The van der Waals surface area contributed by atoms with Gasteiger partial charge in [-0.25, -0.2) is 4.39 Å². The quantitative estimate of drug-likeness (QED) is 0.708. The van der Waals surface area contributed by atoms with Crippen molar-refractivity contribution in [1.29, 1.82) is 0 Å². The third-order valence-electron chi connectivity index (χ3n) is 4.23. The molecule has 0 bridgehead atoms. The van der Waals surface area contributed by atoms with Crippen LogP contribution in [-0.4, -0.2) is 24.5 Å². The fourth-order valence-corrected chi connectivity index (χ4v) is 3.41. The van der Waals surface area contributed by atoms with Crippen LogP contribution in [0.1, 0.15) is 37.8 Å². The van der Waals surface area contributed by atoms with E-state index in [4.69, 9.17) is 23.2 Å². The molecule has 1 heterocycles. The lowest BCUT2D eigenvalue weighted by molar-refractivity contribution is 0.206. The molecule has 0 saturated carbocycles. The van der Waals surface area contributed by atoms with E-state index in [2.05, 4.69) is 11.8 Å². The van der Waals surface area contributed by atoms with E-state index in [-0.39, 0.29) is 5.02 Å². The summed E-state index contributed by atoms with van der Waals surface area (Å²) < 4.78 is 13.7. The van der Waals surface area contributed by atoms with Crippen LogP contribution in [0.15, 0.2) is 17.7 Å². The third-order valence-corrected chi connectivity index (χ3v) is 5.12. The lowest BCUT2D eigenvalue weighted by atomic mass is 9.98. The molecule has 2 rings (SSSR count). The first-order valence-electron chi connectivity index (χ1n) is 7.42. The van der Waals surface area contributed by atoms with Gasteiger partial charge in [-0.05, 0) is 62.9 Å². The molecule has 1 saturated heterocycles. The Kier molecular flexibility index (Phi) is 5.70. The van der Waals surface area contributed by atoms with Gasteiger partial charge in [0.1, 0.15) is 5.82 Å². The second-order valence-corrected chi connectivity index (χ2v) is 6.86. The number of likely N-dealkylation sites (tertiary alicyclic amines) is 1. The summed E-state index contributed by atoms with van der Waals surface area (Å²) in [6.45, 7) is 9.21. The average Bonchev–Trinajstić information content (AvgIpc) is 2.45. The van der Waals surface area contributed by atoms with Gasteiger partial charge in [0.05, 0.1) is 5.02 Å². The Balaban J connectivity index is 2.21. The van der Waals surface area contributed by atoms with E-state index in [9.17, 15) is 4.39 Å². The van der Waals surface area contributed by atoms with Crippen molar-refractivity contribution in [2.24, 2.45) is 5.92 Å². The molecule has 1 nitrogen and oxygen atoms in total. The van der Waals surface area contributed by atoms with E-state index in [1.54, 1.807) is 6.07 Å². The number of halogens is 3. The lowest BCUT2D eigenvalue weighted by Gasteiger charge is -2.30. The van der Waals surface area contributed by atoms with E-state index in [1.165, 1.54) is 18.9 Å². The number of hydrogen-bond donors (Lipinski definition) is 0. The highest BCUT2D eigenvalue weighted by atomic mass is 35.5. The molecule has 0 radical (unpaired) electrons. The van der Waals surface area contributed by atoms with E-state index in [0.29, 0.717) is 10.6 Å². The summed E-state index contributed by atoms with van der Waals surface area (Å²) in [5.41, 5.74) is 2.57. The highest BCUT2D eigenvalue weighted by Gasteiger charge is 2.18. The lowest BCUT2D eigenvalue weighted by Crippen LogP contribution is -2.34. The Morgan fingerprint density at radius 1 is 1.33 bits per heavy atom. The smallest absolute Gasteiger partial charge is 0.142 e. The van der Waals surface area contributed by atoms with Crippen LogP contribution in [0.2, 0.25) is 5.02 Å². The predicted molar refractivity (Wildman–Crippen MR) is 89.4 cm³/mol. The van der Waals surface area contributed by atoms with Crippen molar-refractivity contribution in [3.05, 3.63) is 39.7 Å². The van der Waals surface area contributed by atoms with Gasteiger partial charge in [-0.3, -0.25) is 4.90 Å². The summed E-state index contributed by atoms with van der Waals surface area (Å²) in [5, 5.41) is 0.697. The molecule has 0 unspecified atom stereocenters. The van der Waals surface area contributed by atoms with Gasteiger partial charge in [-0.15, -0.1) is 0 Å². The van der Waals surface area contributed by atoms with Crippen LogP contribution in [0.25, 0.3) is 5.03 Å². The van der Waals surface area contributed by atoms with Gasteiger partial charge in [-0.1, -0.05) is 36.2 Å². The average molecular weight is 330 g/mol. The summed E-state index contributed by atoms with van der Waals surface area (Å²) in [5.74, 6) is 0.385. The van der Waals surface area contributed by atoms with Gasteiger partial charge in [0.25, 0.3) is 0 Å². The summed E-state index contributed by atoms with van der Waals surface area (Å²) in [6.07, 6.45) is 2.45. The molecule has 1 aliphatic rings. The van der Waals surface area contributed by atoms with E-state index in [1.807, 2.05) is 13.8 Å². The van der Waals surface area contributed by atoms with Crippen molar-refractivity contribution in [2.75, 3.05) is 19.6 Å². The third kappa shape index (κ3) is 4.00. The zero-order valence-electron chi connectivity index (χ0n) is 12.8. The topological polar surface area (TPSA) is 3.24 Å². The SMILES string of the molecule is C/C(CN1CCC(C)CC1)=C(/Cl)c1c(C)ccc(F)c1Cl. The fourth-order valence-electron chi connectivity index (χ4n) is 2.76. The van der Waals surface area contributed by atoms with Crippen molar-refractivity contribution in [3.8, 4) is 0 Å². The van der Waals surface area contributed by atoms with Crippen LogP contribution < -0.4 is 0 Å². The van der Waals surface area contributed by atoms with E-state index >= 15 is 0 Å². The van der Waals surface area contributed by atoms with Crippen LogP contribution in [0.5, 0.6) is 0 Å². The number of rotatable bonds is 3. The number of nitrogens with zero attached hydrogens (tertiary/aromatic N) is 1. The first-order valence-corrected chi connectivity index (χ1v) is 8.18. The Bertz CT molecular complexity index is 546. The van der Waals surface area contributed by atoms with E-state index < -0.39 is 5.82 Å². The summed E-state index contributed by atoms with van der Waals surface area (Å²) in [6, 6.07) is 3.10. The molecule has 4 heteroatoms. The maximum Gasteiger partial charge on any atom is 0.142 e. The van der Waals surface area contributed by atoms with Crippen molar-refractivity contribution in [3.63, 3.8) is 0 Å². The zero-order valence-corrected chi connectivity index (χ0v) is 14.4. The molecular formula is C17H22Cl2FN. The molecule has 0 atom stereocenters. The Hall–Kier alpha value is -0.570. The maximum absolute atomic E-state index is 13.7. The molecule has 116 valence electrons. The summed E-state index contributed by atoms with van der Waals surface area (Å²) in [4.78, 5) is 2.40. The second-order valence-electron chi connectivity index (χ2n) is 6.11. The predicted octanol–water partition coefficient (Wildman–Crippen LogP) is 5.49. The summed E-state index contributed by atoms with van der Waals surface area (Å²) >= 11 is 12.6. The van der Waals surface area contributed by atoms with Crippen molar-refractivity contribution >= 4 is 28.2 Å². The monoisotopic (exact) mass is 329 g/mol. The highest BCUT2D eigenvalue weighted by molar-refractivity contribution is 6.51. The molecular weight excluding hydrogens is 308 g/mol. The van der Waals surface area contributed by atoms with Gasteiger partial charge in [0.15, 0.2) is 0 Å². The summed E-state index contributed by atoms with van der Waals surface area (Å²) in [7, 11) is 0. The Labute approximate surface area is 136 Å². The second kappa shape index (κ2) is 7.13. The Morgan fingerprint density at radius 3 is 2.57 bits per heavy atom. The molecule has 0 amide bonds. The number of benzene rings is 1. The van der Waals surface area contributed by atoms with E-state index in [0.717, 1.165) is 36.7 Å². The van der Waals surface area contributed by atoms with Crippen molar-refractivity contribution in [2.45, 2.75) is 33.6 Å². The molecule has 1 fully saturated rings.